The molecule has 1 aromatic heterocycles. The van der Waals surface area contributed by atoms with Crippen molar-refractivity contribution in [2.75, 3.05) is 61.9 Å². The third-order valence-corrected chi connectivity index (χ3v) is 4.86. The first-order chi connectivity index (χ1) is 13.5. The average Bonchev–Trinajstić information content (AvgIpc) is 2.72. The van der Waals surface area contributed by atoms with E-state index in [0.717, 1.165) is 45.0 Å². The average molecular weight is 385 g/mol. The van der Waals surface area contributed by atoms with E-state index in [0.29, 0.717) is 17.1 Å². The predicted molar refractivity (Wildman–Crippen MR) is 112 cm³/mol. The number of amides is 1. The number of para-hydroxylation sites is 1. The maximum atomic E-state index is 14.0. The summed E-state index contributed by atoms with van der Waals surface area (Å²) in [6.07, 6.45) is 0.947. The van der Waals surface area contributed by atoms with Gasteiger partial charge in [-0.25, -0.2) is 9.37 Å². The molecule has 1 saturated heterocycles. The van der Waals surface area contributed by atoms with E-state index in [2.05, 4.69) is 22.0 Å². The molecule has 1 N–H and O–H groups in total. The quantitative estimate of drug-likeness (QED) is 0.828. The van der Waals surface area contributed by atoms with Crippen molar-refractivity contribution in [2.24, 2.45) is 0 Å². The summed E-state index contributed by atoms with van der Waals surface area (Å²) in [5, 5.41) is 3.28. The van der Waals surface area contributed by atoms with Gasteiger partial charge in [-0.05, 0) is 30.7 Å². The molecule has 1 aliphatic rings. The van der Waals surface area contributed by atoms with Crippen LogP contribution < -0.4 is 15.1 Å². The fourth-order valence-electron chi connectivity index (χ4n) is 3.30. The minimum Gasteiger partial charge on any atom is -0.369 e. The standard InChI is InChI=1S/C21H28FN5O/c1-4-11-23-20-16(21(28)25(2)3)9-10-19(24-20)27-14-12-26(13-15-27)18-8-6-5-7-17(18)22/h5-10H,4,11-15H2,1-3H3,(H,23,24). The Morgan fingerprint density at radius 3 is 2.43 bits per heavy atom. The van der Waals surface area contributed by atoms with E-state index in [1.807, 2.05) is 24.3 Å². The maximum Gasteiger partial charge on any atom is 0.257 e. The smallest absolute Gasteiger partial charge is 0.257 e. The Labute approximate surface area is 166 Å². The number of aromatic nitrogens is 1. The summed E-state index contributed by atoms with van der Waals surface area (Å²) < 4.78 is 14.0. The molecule has 2 heterocycles. The fraction of sp³-hybridized carbons (Fsp3) is 0.429. The normalized spacial score (nSPS) is 14.1. The molecular formula is C21H28FN5O. The summed E-state index contributed by atoms with van der Waals surface area (Å²) in [7, 11) is 3.48. The lowest BCUT2D eigenvalue weighted by atomic mass is 10.2. The third-order valence-electron chi connectivity index (χ3n) is 4.86. The molecular weight excluding hydrogens is 357 g/mol. The Balaban J connectivity index is 1.75. The first kappa shape index (κ1) is 19.9. The van der Waals surface area contributed by atoms with Crippen molar-refractivity contribution < 1.29 is 9.18 Å². The van der Waals surface area contributed by atoms with Gasteiger partial charge in [-0.15, -0.1) is 0 Å². The summed E-state index contributed by atoms with van der Waals surface area (Å²) >= 11 is 0. The molecule has 0 spiro atoms. The van der Waals surface area contributed by atoms with Crippen LogP contribution in [0.5, 0.6) is 0 Å². The molecule has 0 saturated carbocycles. The molecule has 0 bridgehead atoms. The van der Waals surface area contributed by atoms with Gasteiger partial charge in [-0.1, -0.05) is 19.1 Å². The van der Waals surface area contributed by atoms with Gasteiger partial charge in [0.2, 0.25) is 0 Å². The predicted octanol–water partition coefficient (Wildman–Crippen LogP) is 3.07. The van der Waals surface area contributed by atoms with Crippen LogP contribution in [0.15, 0.2) is 36.4 Å². The molecule has 0 unspecified atom stereocenters. The Hall–Kier alpha value is -2.83. The third kappa shape index (κ3) is 4.35. The number of nitrogens with one attached hydrogen (secondary N) is 1. The van der Waals surface area contributed by atoms with Crippen LogP contribution in [-0.2, 0) is 0 Å². The summed E-state index contributed by atoms with van der Waals surface area (Å²) in [6.45, 7) is 5.76. The van der Waals surface area contributed by atoms with Gasteiger partial charge < -0.3 is 20.0 Å². The van der Waals surface area contributed by atoms with E-state index in [4.69, 9.17) is 4.98 Å². The zero-order valence-electron chi connectivity index (χ0n) is 16.8. The molecule has 2 aromatic rings. The van der Waals surface area contributed by atoms with Crippen molar-refractivity contribution in [2.45, 2.75) is 13.3 Å². The van der Waals surface area contributed by atoms with Gasteiger partial charge in [0.05, 0.1) is 11.3 Å². The molecule has 0 aliphatic carbocycles. The summed E-state index contributed by atoms with van der Waals surface area (Å²) in [5.74, 6) is 1.20. The molecule has 1 amide bonds. The van der Waals surface area contributed by atoms with E-state index >= 15 is 0 Å². The second-order valence-corrected chi connectivity index (χ2v) is 7.12. The lowest BCUT2D eigenvalue weighted by molar-refractivity contribution is 0.0828. The maximum absolute atomic E-state index is 14.0. The van der Waals surface area contributed by atoms with Gasteiger partial charge in [0.25, 0.3) is 5.91 Å². The summed E-state index contributed by atoms with van der Waals surface area (Å²) in [5.41, 5.74) is 1.22. The van der Waals surface area contributed by atoms with Crippen molar-refractivity contribution in [3.05, 3.63) is 47.8 Å². The van der Waals surface area contributed by atoms with E-state index in [1.54, 1.807) is 25.1 Å². The van der Waals surface area contributed by atoms with Crippen molar-refractivity contribution in [3.63, 3.8) is 0 Å². The number of halogens is 1. The minimum atomic E-state index is -0.188. The SMILES string of the molecule is CCCNc1nc(N2CCN(c3ccccc3F)CC2)ccc1C(=O)N(C)C. The topological polar surface area (TPSA) is 51.7 Å². The van der Waals surface area contributed by atoms with Gasteiger partial charge in [-0.2, -0.15) is 0 Å². The lowest BCUT2D eigenvalue weighted by Gasteiger charge is -2.37. The number of pyridine rings is 1. The molecule has 1 aromatic carbocycles. The van der Waals surface area contributed by atoms with Crippen LogP contribution in [0.4, 0.5) is 21.7 Å². The van der Waals surface area contributed by atoms with E-state index < -0.39 is 0 Å². The Morgan fingerprint density at radius 2 is 1.79 bits per heavy atom. The van der Waals surface area contributed by atoms with Gasteiger partial charge >= 0.3 is 0 Å². The number of nitrogens with zero attached hydrogens (tertiary/aromatic N) is 4. The molecule has 6 nitrogen and oxygen atoms in total. The zero-order valence-corrected chi connectivity index (χ0v) is 16.8. The molecule has 0 radical (unpaired) electrons. The molecule has 1 aliphatic heterocycles. The fourth-order valence-corrected chi connectivity index (χ4v) is 3.30. The highest BCUT2D eigenvalue weighted by Gasteiger charge is 2.22. The van der Waals surface area contributed by atoms with Crippen LogP contribution in [0.3, 0.4) is 0 Å². The second-order valence-electron chi connectivity index (χ2n) is 7.12. The number of benzene rings is 1. The van der Waals surface area contributed by atoms with Crippen LogP contribution in [0, 0.1) is 5.82 Å². The van der Waals surface area contributed by atoms with Crippen molar-refractivity contribution in [1.29, 1.82) is 0 Å². The highest BCUT2D eigenvalue weighted by Crippen LogP contribution is 2.24. The monoisotopic (exact) mass is 385 g/mol. The first-order valence-corrected chi connectivity index (χ1v) is 9.72. The molecule has 150 valence electrons. The van der Waals surface area contributed by atoms with E-state index in [-0.39, 0.29) is 11.7 Å². The number of rotatable bonds is 6. The number of anilines is 3. The Kier molecular flexibility index (Phi) is 6.34. The van der Waals surface area contributed by atoms with Crippen molar-refractivity contribution in [1.82, 2.24) is 9.88 Å². The number of hydrogen-bond acceptors (Lipinski definition) is 5. The zero-order chi connectivity index (χ0) is 20.1. The van der Waals surface area contributed by atoms with E-state index in [1.165, 1.54) is 6.07 Å². The Bertz CT molecular complexity index is 818. The molecule has 1 fully saturated rings. The van der Waals surface area contributed by atoms with Crippen LogP contribution in [0.2, 0.25) is 0 Å². The van der Waals surface area contributed by atoms with Gasteiger partial charge in [0, 0.05) is 46.8 Å². The minimum absolute atomic E-state index is 0.0676. The molecule has 3 rings (SSSR count). The summed E-state index contributed by atoms with van der Waals surface area (Å²) in [4.78, 5) is 23.0. The Morgan fingerprint density at radius 1 is 1.11 bits per heavy atom. The van der Waals surface area contributed by atoms with Gasteiger partial charge in [-0.3, -0.25) is 4.79 Å². The highest BCUT2D eigenvalue weighted by molar-refractivity contribution is 5.98. The second kappa shape index (κ2) is 8.91. The summed E-state index contributed by atoms with van der Waals surface area (Å²) in [6, 6.07) is 10.6. The number of carbonyl (C=O) groups excluding carboxylic acids is 1. The highest BCUT2D eigenvalue weighted by atomic mass is 19.1. The van der Waals surface area contributed by atoms with Crippen LogP contribution >= 0.6 is 0 Å². The van der Waals surface area contributed by atoms with Crippen LogP contribution in [-0.4, -0.2) is 62.6 Å². The van der Waals surface area contributed by atoms with Gasteiger partial charge in [0.1, 0.15) is 17.5 Å². The number of carbonyl (C=O) groups is 1. The number of piperazine rings is 1. The molecule has 28 heavy (non-hydrogen) atoms. The van der Waals surface area contributed by atoms with Crippen LogP contribution in [0.1, 0.15) is 23.7 Å². The van der Waals surface area contributed by atoms with E-state index in [9.17, 15) is 9.18 Å². The largest absolute Gasteiger partial charge is 0.369 e. The van der Waals surface area contributed by atoms with Crippen LogP contribution in [0.25, 0.3) is 0 Å². The van der Waals surface area contributed by atoms with Gasteiger partial charge in [0.15, 0.2) is 0 Å². The molecule has 7 heteroatoms. The number of hydrogen-bond donors (Lipinski definition) is 1. The van der Waals surface area contributed by atoms with Crippen molar-refractivity contribution >= 4 is 23.2 Å². The van der Waals surface area contributed by atoms with Crippen molar-refractivity contribution in [3.8, 4) is 0 Å². The first-order valence-electron chi connectivity index (χ1n) is 9.72. The molecule has 0 atom stereocenters. The lowest BCUT2D eigenvalue weighted by Crippen LogP contribution is -2.47.